The summed E-state index contributed by atoms with van der Waals surface area (Å²) >= 11 is 1.86. The number of nitriles is 1. The van der Waals surface area contributed by atoms with Crippen LogP contribution in [0, 0.1) is 11.3 Å². The van der Waals surface area contributed by atoms with Gasteiger partial charge in [-0.15, -0.1) is 11.3 Å². The molecule has 0 amide bonds. The molecule has 0 saturated heterocycles. The third-order valence-electron chi connectivity index (χ3n) is 9.25. The lowest BCUT2D eigenvalue weighted by Crippen LogP contribution is -2.04. The normalized spacial score (nSPS) is 11.9. The molecule has 0 aliphatic heterocycles. The van der Waals surface area contributed by atoms with Gasteiger partial charge in [0, 0.05) is 52.7 Å². The molecule has 0 saturated carbocycles. The van der Waals surface area contributed by atoms with Crippen molar-refractivity contribution >= 4 is 85.8 Å². The van der Waals surface area contributed by atoms with Gasteiger partial charge in [0.15, 0.2) is 0 Å². The van der Waals surface area contributed by atoms with Crippen molar-refractivity contribution in [2.75, 3.05) is 0 Å². The fourth-order valence-corrected chi connectivity index (χ4v) is 8.50. The first-order chi connectivity index (χ1) is 22.8. The van der Waals surface area contributed by atoms with Crippen molar-refractivity contribution < 1.29 is 0 Å². The minimum Gasteiger partial charge on any atom is -0.277 e. The Bertz CT molecular complexity index is 2940. The van der Waals surface area contributed by atoms with Crippen molar-refractivity contribution in [1.82, 2.24) is 14.5 Å². The van der Waals surface area contributed by atoms with Crippen LogP contribution in [0.25, 0.3) is 91.6 Å². The fraction of sp³-hybridized carbons (Fsp3) is 0. The van der Waals surface area contributed by atoms with Gasteiger partial charge in [0.1, 0.15) is 0 Å². The first-order valence-corrected chi connectivity index (χ1v) is 16.1. The smallest absolute Gasteiger partial charge is 0.235 e. The highest BCUT2D eigenvalue weighted by atomic mass is 32.1. The quantitative estimate of drug-likeness (QED) is 0.185. The van der Waals surface area contributed by atoms with Crippen molar-refractivity contribution in [1.29, 1.82) is 5.26 Å². The van der Waals surface area contributed by atoms with Gasteiger partial charge in [0.2, 0.25) is 5.95 Å². The molecular formula is C41H22N4S. The molecule has 3 aromatic heterocycles. The van der Waals surface area contributed by atoms with E-state index in [1.165, 1.54) is 36.3 Å². The van der Waals surface area contributed by atoms with Crippen LogP contribution in [-0.4, -0.2) is 14.5 Å². The monoisotopic (exact) mass is 602 g/mol. The largest absolute Gasteiger partial charge is 0.277 e. The topological polar surface area (TPSA) is 54.5 Å². The number of thiophene rings is 1. The first-order valence-electron chi connectivity index (χ1n) is 15.2. The number of fused-ring (bicyclic) bond motifs is 12. The van der Waals surface area contributed by atoms with Crippen molar-refractivity contribution in [2.24, 2.45) is 0 Å². The fourth-order valence-electron chi connectivity index (χ4n) is 7.23. The Kier molecular flexibility index (Phi) is 5.19. The van der Waals surface area contributed by atoms with Crippen LogP contribution >= 0.6 is 11.3 Å². The number of hydrogen-bond donors (Lipinski definition) is 0. The molecule has 7 aromatic carbocycles. The highest BCUT2D eigenvalue weighted by molar-refractivity contribution is 7.26. The zero-order valence-electron chi connectivity index (χ0n) is 24.4. The summed E-state index contributed by atoms with van der Waals surface area (Å²) in [5.41, 5.74) is 5.09. The van der Waals surface area contributed by atoms with Crippen LogP contribution in [-0.2, 0) is 0 Å². The molecule has 0 unspecified atom stereocenters. The molecule has 0 N–H and O–H groups in total. The Hall–Kier alpha value is -6.09. The Labute approximate surface area is 267 Å². The lowest BCUT2D eigenvalue weighted by atomic mass is 9.98. The maximum absolute atomic E-state index is 10.0. The summed E-state index contributed by atoms with van der Waals surface area (Å²) in [5.74, 6) is 0.584. The zero-order valence-corrected chi connectivity index (χ0v) is 25.2. The Balaban J connectivity index is 1.38. The SMILES string of the molecule is N#Cc1ccccc1-c1nc(-n2c3ccccc3c3ccc4c(ccc5ccc6c7ccccc7sc6c54)c32)nc2ccccc12. The van der Waals surface area contributed by atoms with E-state index in [9.17, 15) is 5.26 Å². The van der Waals surface area contributed by atoms with E-state index in [2.05, 4.69) is 95.6 Å². The van der Waals surface area contributed by atoms with Crippen molar-refractivity contribution in [2.45, 2.75) is 0 Å². The molecule has 10 aromatic rings. The van der Waals surface area contributed by atoms with Crippen LogP contribution in [0.3, 0.4) is 0 Å². The standard InChI is InChI=1S/C41H22N4S/c42-23-25-9-1-2-10-26(25)38-33-13-3-6-14-34(33)43-41(44-38)45-35-15-7-4-11-27(35)30-22-21-29-31(39(30)45)19-17-24-18-20-32-28-12-5-8-16-36(28)46-40(32)37(24)29/h1-22H. The first kappa shape index (κ1) is 25.3. The molecule has 0 aliphatic rings. The van der Waals surface area contributed by atoms with Crippen molar-refractivity contribution in [3.63, 3.8) is 0 Å². The lowest BCUT2D eigenvalue weighted by Gasteiger charge is -2.14. The third kappa shape index (κ3) is 3.42. The van der Waals surface area contributed by atoms with Crippen molar-refractivity contribution in [3.05, 3.63) is 139 Å². The molecule has 0 radical (unpaired) electrons. The van der Waals surface area contributed by atoms with Gasteiger partial charge in [-0.05, 0) is 35.0 Å². The molecule has 3 heterocycles. The molecule has 4 nitrogen and oxygen atoms in total. The second-order valence-electron chi connectivity index (χ2n) is 11.7. The summed E-state index contributed by atoms with van der Waals surface area (Å²) < 4.78 is 4.82. The summed E-state index contributed by atoms with van der Waals surface area (Å²) in [6.07, 6.45) is 0. The van der Waals surface area contributed by atoms with Crippen LogP contribution < -0.4 is 0 Å². The van der Waals surface area contributed by atoms with Gasteiger partial charge in [-0.1, -0.05) is 109 Å². The second-order valence-corrected chi connectivity index (χ2v) is 12.7. The minimum atomic E-state index is 0.584. The van der Waals surface area contributed by atoms with Gasteiger partial charge in [-0.2, -0.15) is 5.26 Å². The maximum atomic E-state index is 10.0. The van der Waals surface area contributed by atoms with Crippen LogP contribution in [0.15, 0.2) is 133 Å². The predicted molar refractivity (Wildman–Crippen MR) is 192 cm³/mol. The van der Waals surface area contributed by atoms with Gasteiger partial charge in [0.25, 0.3) is 0 Å². The maximum Gasteiger partial charge on any atom is 0.235 e. The molecule has 5 heteroatoms. The van der Waals surface area contributed by atoms with E-state index in [4.69, 9.17) is 9.97 Å². The van der Waals surface area contributed by atoms with E-state index in [0.29, 0.717) is 11.5 Å². The number of aromatic nitrogens is 3. The number of para-hydroxylation sites is 2. The van der Waals surface area contributed by atoms with E-state index in [-0.39, 0.29) is 0 Å². The van der Waals surface area contributed by atoms with Gasteiger partial charge in [-0.3, -0.25) is 4.57 Å². The van der Waals surface area contributed by atoms with Gasteiger partial charge in [0.05, 0.1) is 33.9 Å². The summed E-state index contributed by atoms with van der Waals surface area (Å²) in [6.45, 7) is 0. The summed E-state index contributed by atoms with van der Waals surface area (Å²) in [5, 5.41) is 20.7. The molecule has 0 fully saturated rings. The minimum absolute atomic E-state index is 0.584. The Morgan fingerprint density at radius 1 is 0.565 bits per heavy atom. The lowest BCUT2D eigenvalue weighted by molar-refractivity contribution is 1.02. The number of nitrogens with zero attached hydrogens (tertiary/aromatic N) is 4. The summed E-state index contributed by atoms with van der Waals surface area (Å²) in [7, 11) is 0. The second kappa shape index (κ2) is 9.45. The van der Waals surface area contributed by atoms with E-state index in [1.807, 2.05) is 59.9 Å². The van der Waals surface area contributed by atoms with E-state index < -0.39 is 0 Å². The molecule has 212 valence electrons. The van der Waals surface area contributed by atoms with Gasteiger partial charge < -0.3 is 0 Å². The molecule has 0 bridgehead atoms. The number of benzene rings is 7. The van der Waals surface area contributed by atoms with Gasteiger partial charge >= 0.3 is 0 Å². The van der Waals surface area contributed by atoms with Crippen LogP contribution in [0.4, 0.5) is 0 Å². The number of hydrogen-bond acceptors (Lipinski definition) is 4. The average Bonchev–Trinajstić information content (AvgIpc) is 3.67. The van der Waals surface area contributed by atoms with E-state index >= 15 is 0 Å². The predicted octanol–water partition coefficient (Wildman–Crippen LogP) is 10.9. The highest BCUT2D eigenvalue weighted by Crippen LogP contribution is 2.44. The molecular weight excluding hydrogens is 581 g/mol. The molecule has 10 rings (SSSR count). The molecule has 0 spiro atoms. The summed E-state index contributed by atoms with van der Waals surface area (Å²) in [6, 6.07) is 48.8. The van der Waals surface area contributed by atoms with Crippen LogP contribution in [0.5, 0.6) is 0 Å². The third-order valence-corrected chi connectivity index (χ3v) is 10.5. The molecule has 0 atom stereocenters. The zero-order chi connectivity index (χ0) is 30.4. The van der Waals surface area contributed by atoms with Crippen LogP contribution in [0.2, 0.25) is 0 Å². The molecule has 46 heavy (non-hydrogen) atoms. The molecule has 0 aliphatic carbocycles. The summed E-state index contributed by atoms with van der Waals surface area (Å²) in [4.78, 5) is 10.5. The highest BCUT2D eigenvalue weighted by Gasteiger charge is 2.21. The Morgan fingerprint density at radius 2 is 1.24 bits per heavy atom. The van der Waals surface area contributed by atoms with Gasteiger partial charge in [-0.25, -0.2) is 9.97 Å². The van der Waals surface area contributed by atoms with E-state index in [0.717, 1.165) is 49.4 Å². The Morgan fingerprint density at radius 3 is 2.13 bits per heavy atom. The van der Waals surface area contributed by atoms with E-state index in [1.54, 1.807) is 0 Å². The van der Waals surface area contributed by atoms with Crippen LogP contribution in [0.1, 0.15) is 5.56 Å². The number of rotatable bonds is 2. The average molecular weight is 603 g/mol. The van der Waals surface area contributed by atoms with Crippen molar-refractivity contribution in [3.8, 4) is 23.3 Å².